The summed E-state index contributed by atoms with van der Waals surface area (Å²) >= 11 is 2.68. The second-order valence-electron chi connectivity index (χ2n) is 13.6. The average molecular weight is 836 g/mol. The summed E-state index contributed by atoms with van der Waals surface area (Å²) < 4.78 is 27.5. The van der Waals surface area contributed by atoms with E-state index in [0.717, 1.165) is 23.3 Å². The summed E-state index contributed by atoms with van der Waals surface area (Å²) in [5.74, 6) is -0.766. The van der Waals surface area contributed by atoms with E-state index in [4.69, 9.17) is 5.73 Å². The first-order valence-electron chi connectivity index (χ1n) is 18.5. The number of imidazole rings is 2. The molecule has 0 atom stereocenters. The topological polar surface area (TPSA) is 233 Å². The molecule has 4 heterocycles. The third-order valence-corrected chi connectivity index (χ3v) is 11.2. The lowest BCUT2D eigenvalue weighted by Gasteiger charge is -2.07. The molecule has 0 radical (unpaired) electrons. The summed E-state index contributed by atoms with van der Waals surface area (Å²) in [7, 11) is 0. The number of anilines is 3. The number of fused-ring (bicyclic) bond motifs is 4. The molecule has 0 saturated carbocycles. The Morgan fingerprint density at radius 2 is 1.27 bits per heavy atom. The second-order valence-corrected chi connectivity index (χ2v) is 15.8. The largest absolute Gasteiger partial charge is 0.399 e. The molecule has 0 aliphatic carbocycles. The first-order chi connectivity index (χ1) is 28.5. The number of H-pyrrole nitrogens is 4. The van der Waals surface area contributed by atoms with E-state index in [0.29, 0.717) is 92.0 Å². The van der Waals surface area contributed by atoms with Gasteiger partial charge >= 0.3 is 0 Å². The van der Waals surface area contributed by atoms with E-state index < -0.39 is 11.6 Å². The van der Waals surface area contributed by atoms with Gasteiger partial charge in [-0.25, -0.2) is 28.7 Å². The van der Waals surface area contributed by atoms with Crippen LogP contribution in [0.1, 0.15) is 36.8 Å². The van der Waals surface area contributed by atoms with E-state index in [-0.39, 0.29) is 52.8 Å². The predicted molar refractivity (Wildman–Crippen MR) is 226 cm³/mol. The van der Waals surface area contributed by atoms with Gasteiger partial charge in [-0.05, 0) is 79.3 Å². The maximum atomic E-state index is 14.0. The monoisotopic (exact) mass is 835 g/mol. The van der Waals surface area contributed by atoms with Crippen LogP contribution in [0.15, 0.2) is 86.6 Å². The van der Waals surface area contributed by atoms with E-state index >= 15 is 0 Å². The fraction of sp³-hybridized carbons (Fsp3) is 0.200. The van der Waals surface area contributed by atoms with Crippen molar-refractivity contribution in [3.63, 3.8) is 0 Å². The molecule has 4 aromatic heterocycles. The van der Waals surface area contributed by atoms with Crippen LogP contribution in [0.3, 0.4) is 0 Å². The number of thioether (sulfide) groups is 2. The van der Waals surface area contributed by atoms with Crippen LogP contribution in [0.4, 0.5) is 26.4 Å². The van der Waals surface area contributed by atoms with Gasteiger partial charge in [-0.15, -0.1) is 0 Å². The molecule has 0 fully saturated rings. The maximum absolute atomic E-state index is 14.0. The molecule has 0 saturated heterocycles. The molecule has 300 valence electrons. The predicted octanol–water partition coefficient (Wildman–Crippen LogP) is 6.58. The molecule has 0 aliphatic heterocycles. The van der Waals surface area contributed by atoms with Gasteiger partial charge in [-0.1, -0.05) is 41.7 Å². The number of hydrogen-bond donors (Lipinski definition) is 7. The van der Waals surface area contributed by atoms with Crippen molar-refractivity contribution in [1.29, 1.82) is 0 Å². The number of nitrogen functional groups attached to an aromatic ring is 1. The minimum atomic E-state index is -0.830. The number of aromatic nitrogens is 8. The second kappa shape index (κ2) is 17.1. The van der Waals surface area contributed by atoms with Crippen molar-refractivity contribution in [1.82, 2.24) is 39.9 Å². The van der Waals surface area contributed by atoms with E-state index in [2.05, 4.69) is 50.5 Å². The standard InChI is InChI=1S/C40H35F2N11O4S2/c41-22-17-26(42)34-29(18-22)44-38(51-34)49-32(55)8-4-14-59-40-47-28-15-20(10-12-25(28)36(57)53-40)9-11-21-16-23(43)19-30-33(21)50-37(45-30)48-31(54)7-3-13-58-39-46-27-6-2-1-5-24(27)35(56)52-39/h1-2,5-6,10,12,15-19H,3-4,7-9,11,13-14,43H2,(H,46,52,56)(H,47,53,57)(H2,44,49,51,55)(H2,45,48,50,54). The number of hydrogen-bond acceptors (Lipinski definition) is 11. The summed E-state index contributed by atoms with van der Waals surface area (Å²) in [6.07, 6.45) is 2.53. The van der Waals surface area contributed by atoms with Gasteiger partial charge in [-0.3, -0.25) is 29.8 Å². The molecule has 59 heavy (non-hydrogen) atoms. The van der Waals surface area contributed by atoms with Crippen molar-refractivity contribution in [3.05, 3.63) is 110 Å². The van der Waals surface area contributed by atoms with Crippen molar-refractivity contribution >= 4 is 96.8 Å². The smallest absolute Gasteiger partial charge is 0.259 e. The Balaban J connectivity index is 0.837. The van der Waals surface area contributed by atoms with Gasteiger partial charge in [0.2, 0.25) is 23.7 Å². The molecule has 19 heteroatoms. The summed E-state index contributed by atoms with van der Waals surface area (Å²) in [6, 6.07) is 18.1. The lowest BCUT2D eigenvalue weighted by molar-refractivity contribution is -0.117. The minimum absolute atomic E-state index is 0.0202. The number of nitrogens with one attached hydrogen (secondary N) is 6. The molecule has 8 rings (SSSR count). The zero-order valence-electron chi connectivity index (χ0n) is 31.1. The highest BCUT2D eigenvalue weighted by atomic mass is 32.2. The number of para-hydroxylation sites is 1. The Bertz CT molecular complexity index is 3020. The molecule has 8 aromatic rings. The number of rotatable bonds is 15. The molecule has 0 aliphatic rings. The summed E-state index contributed by atoms with van der Waals surface area (Å²) in [5, 5.41) is 7.29. The van der Waals surface area contributed by atoms with Crippen molar-refractivity contribution in [2.45, 2.75) is 48.8 Å². The van der Waals surface area contributed by atoms with Crippen LogP contribution >= 0.6 is 23.5 Å². The van der Waals surface area contributed by atoms with Gasteiger partial charge in [-0.2, -0.15) is 0 Å². The number of nitrogens with two attached hydrogens (primary N) is 1. The Labute approximate surface area is 340 Å². The van der Waals surface area contributed by atoms with Crippen LogP contribution in [-0.2, 0) is 22.4 Å². The van der Waals surface area contributed by atoms with Gasteiger partial charge in [0.1, 0.15) is 11.3 Å². The van der Waals surface area contributed by atoms with Gasteiger partial charge in [0.05, 0.1) is 38.4 Å². The molecule has 0 spiro atoms. The van der Waals surface area contributed by atoms with E-state index in [1.165, 1.54) is 23.5 Å². The highest BCUT2D eigenvalue weighted by Gasteiger charge is 2.15. The number of aryl methyl sites for hydroxylation is 2. The average Bonchev–Trinajstić information content (AvgIpc) is 3.80. The number of carbonyl (C=O) groups is 2. The Morgan fingerprint density at radius 1 is 0.661 bits per heavy atom. The van der Waals surface area contributed by atoms with Crippen molar-refractivity contribution < 1.29 is 18.4 Å². The lowest BCUT2D eigenvalue weighted by atomic mass is 10.0. The Hall–Kier alpha value is -6.60. The molecule has 0 bridgehead atoms. The summed E-state index contributed by atoms with van der Waals surface area (Å²) in [6.45, 7) is 0. The molecule has 15 nitrogen and oxygen atoms in total. The van der Waals surface area contributed by atoms with Crippen LogP contribution in [-0.4, -0.2) is 63.2 Å². The lowest BCUT2D eigenvalue weighted by Crippen LogP contribution is -2.13. The summed E-state index contributed by atoms with van der Waals surface area (Å²) in [5.41, 5.74) is 10.7. The quantitative estimate of drug-likeness (QED) is 0.0252. The normalized spacial score (nSPS) is 11.6. The van der Waals surface area contributed by atoms with Crippen molar-refractivity contribution in [2.24, 2.45) is 0 Å². The van der Waals surface area contributed by atoms with Gasteiger partial charge in [0.15, 0.2) is 16.1 Å². The molecule has 2 amide bonds. The number of aromatic amines is 4. The van der Waals surface area contributed by atoms with Gasteiger partial charge in [0, 0.05) is 36.1 Å². The third-order valence-electron chi connectivity index (χ3n) is 9.31. The van der Waals surface area contributed by atoms with Crippen LogP contribution in [0.5, 0.6) is 0 Å². The minimum Gasteiger partial charge on any atom is -0.399 e. The fourth-order valence-electron chi connectivity index (χ4n) is 6.56. The zero-order valence-corrected chi connectivity index (χ0v) is 32.7. The van der Waals surface area contributed by atoms with Crippen LogP contribution in [0.2, 0.25) is 0 Å². The molecule has 0 unspecified atom stereocenters. The van der Waals surface area contributed by atoms with Crippen LogP contribution in [0, 0.1) is 11.6 Å². The van der Waals surface area contributed by atoms with Gasteiger partial charge < -0.3 is 25.7 Å². The molecular weight excluding hydrogens is 801 g/mol. The number of nitrogens with zero attached hydrogens (tertiary/aromatic N) is 4. The number of benzene rings is 4. The highest BCUT2D eigenvalue weighted by Crippen LogP contribution is 2.26. The Kier molecular flexibility index (Phi) is 11.4. The number of carbonyl (C=O) groups excluding carboxylic acids is 2. The van der Waals surface area contributed by atoms with Gasteiger partial charge in [0.25, 0.3) is 11.1 Å². The highest BCUT2D eigenvalue weighted by molar-refractivity contribution is 7.99. The fourth-order valence-corrected chi connectivity index (χ4v) is 8.18. The zero-order chi connectivity index (χ0) is 41.0. The molecule has 4 aromatic carbocycles. The first kappa shape index (κ1) is 39.2. The summed E-state index contributed by atoms with van der Waals surface area (Å²) in [4.78, 5) is 79.7. The van der Waals surface area contributed by atoms with Crippen LogP contribution < -0.4 is 27.5 Å². The van der Waals surface area contributed by atoms with E-state index in [1.807, 2.05) is 24.3 Å². The van der Waals surface area contributed by atoms with Crippen molar-refractivity contribution in [2.75, 3.05) is 27.9 Å². The first-order valence-corrected chi connectivity index (χ1v) is 20.5. The Morgan fingerprint density at radius 3 is 1.97 bits per heavy atom. The molecular formula is C40H35F2N11O4S2. The SMILES string of the molecule is Nc1cc(CCc2ccc3c(=O)[nH]c(SCCCC(=O)Nc4nc5c(F)cc(F)cc5[nH]4)nc3c2)c2nc(NC(=O)CCCSc3nc4ccccc4c(=O)[nH]3)[nH]c2c1. The molecule has 8 N–H and O–H groups in total. The third kappa shape index (κ3) is 9.26. The number of amides is 2. The van der Waals surface area contributed by atoms with E-state index in [1.54, 1.807) is 30.3 Å². The maximum Gasteiger partial charge on any atom is 0.259 e. The number of halogens is 2. The van der Waals surface area contributed by atoms with Crippen molar-refractivity contribution in [3.8, 4) is 0 Å². The van der Waals surface area contributed by atoms with E-state index in [9.17, 15) is 28.0 Å². The van der Waals surface area contributed by atoms with Crippen LogP contribution in [0.25, 0.3) is 43.9 Å².